The first-order valence-corrected chi connectivity index (χ1v) is 3.48. The van der Waals surface area contributed by atoms with E-state index >= 15 is 0 Å². The molecule has 1 aliphatic rings. The predicted octanol–water partition coefficient (Wildman–Crippen LogP) is -0.226. The molecule has 70 valence electrons. The normalized spacial score (nSPS) is 24.3. The van der Waals surface area contributed by atoms with Crippen LogP contribution in [0.3, 0.4) is 0 Å². The maximum Gasteiger partial charge on any atom is 0.0597 e. The molecule has 3 nitrogen and oxygen atoms in total. The van der Waals surface area contributed by atoms with Crippen molar-refractivity contribution in [3.05, 3.63) is 0 Å². The molecule has 1 fully saturated rings. The van der Waals surface area contributed by atoms with Crippen LogP contribution in [0.5, 0.6) is 0 Å². The third-order valence-corrected chi connectivity index (χ3v) is 1.57. The van der Waals surface area contributed by atoms with Gasteiger partial charge in [-0.25, -0.2) is 0 Å². The zero-order chi connectivity index (χ0) is 6.53. The lowest BCUT2D eigenvalue weighted by atomic mass is 10.3. The molecule has 1 saturated heterocycles. The van der Waals surface area contributed by atoms with Crippen molar-refractivity contribution in [2.24, 2.45) is 0 Å². The molecule has 1 atom stereocenters. The Bertz CT molecular complexity index is 77.0. The molecule has 0 aromatic carbocycles. The first-order valence-electron chi connectivity index (χ1n) is 3.48. The fourth-order valence-corrected chi connectivity index (χ4v) is 0.997. The number of nitrogens with one attached hydrogen (secondary N) is 2. The molecular formula is C6H16Cl2N2O. The largest absolute Gasteiger partial charge is 0.395 e. The van der Waals surface area contributed by atoms with Crippen molar-refractivity contribution in [2.45, 2.75) is 12.5 Å². The highest BCUT2D eigenvalue weighted by molar-refractivity contribution is 5.85. The van der Waals surface area contributed by atoms with E-state index in [0.29, 0.717) is 0 Å². The number of hydrogen-bond donors (Lipinski definition) is 3. The molecule has 1 heterocycles. The summed E-state index contributed by atoms with van der Waals surface area (Å²) >= 11 is 0. The Morgan fingerprint density at radius 2 is 2.00 bits per heavy atom. The second-order valence-corrected chi connectivity index (χ2v) is 2.39. The van der Waals surface area contributed by atoms with Gasteiger partial charge in [-0.15, -0.1) is 24.8 Å². The van der Waals surface area contributed by atoms with Gasteiger partial charge in [0.15, 0.2) is 0 Å². The zero-order valence-corrected chi connectivity index (χ0v) is 8.01. The van der Waals surface area contributed by atoms with Crippen LogP contribution >= 0.6 is 24.8 Å². The third-order valence-electron chi connectivity index (χ3n) is 1.57. The number of halogens is 2. The van der Waals surface area contributed by atoms with Gasteiger partial charge >= 0.3 is 0 Å². The highest BCUT2D eigenvalue weighted by Gasteiger charge is 2.07. The molecule has 0 amide bonds. The second-order valence-electron chi connectivity index (χ2n) is 2.39. The van der Waals surface area contributed by atoms with Gasteiger partial charge in [0.05, 0.1) is 6.61 Å². The first kappa shape index (κ1) is 14.0. The Balaban J connectivity index is 0. The highest BCUT2D eigenvalue weighted by atomic mass is 35.5. The van der Waals surface area contributed by atoms with Crippen molar-refractivity contribution in [2.75, 3.05) is 26.2 Å². The summed E-state index contributed by atoms with van der Waals surface area (Å²) in [6.45, 7) is 3.24. The monoisotopic (exact) mass is 202 g/mol. The standard InChI is InChI=1S/C6H14N2O.2ClH/c9-5-6-4-7-2-1-3-8-6;;/h6-9H,1-5H2;2*1H/t6-;;/m0../s1. The molecular weight excluding hydrogens is 187 g/mol. The fourth-order valence-electron chi connectivity index (χ4n) is 0.997. The average molecular weight is 203 g/mol. The van der Waals surface area contributed by atoms with Gasteiger partial charge < -0.3 is 15.7 Å². The summed E-state index contributed by atoms with van der Waals surface area (Å²) in [5.74, 6) is 0. The van der Waals surface area contributed by atoms with Crippen LogP contribution in [0.2, 0.25) is 0 Å². The van der Waals surface area contributed by atoms with Gasteiger partial charge in [0.1, 0.15) is 0 Å². The van der Waals surface area contributed by atoms with Crippen LogP contribution in [0, 0.1) is 0 Å². The summed E-state index contributed by atoms with van der Waals surface area (Å²) in [7, 11) is 0. The van der Waals surface area contributed by atoms with Gasteiger partial charge in [-0.3, -0.25) is 0 Å². The minimum atomic E-state index is 0. The van der Waals surface area contributed by atoms with E-state index in [1.165, 1.54) is 0 Å². The quantitative estimate of drug-likeness (QED) is 0.551. The van der Waals surface area contributed by atoms with Crippen LogP contribution < -0.4 is 10.6 Å². The molecule has 5 heteroatoms. The lowest BCUT2D eigenvalue weighted by Crippen LogP contribution is -2.38. The topological polar surface area (TPSA) is 44.3 Å². The molecule has 0 spiro atoms. The van der Waals surface area contributed by atoms with Crippen molar-refractivity contribution >= 4 is 24.8 Å². The van der Waals surface area contributed by atoms with Crippen LogP contribution in [-0.4, -0.2) is 37.4 Å². The maximum atomic E-state index is 8.71. The molecule has 0 radical (unpaired) electrons. The molecule has 1 rings (SSSR count). The Morgan fingerprint density at radius 3 is 2.64 bits per heavy atom. The molecule has 11 heavy (non-hydrogen) atoms. The van der Waals surface area contributed by atoms with Crippen molar-refractivity contribution in [3.8, 4) is 0 Å². The summed E-state index contributed by atoms with van der Waals surface area (Å²) in [5, 5.41) is 15.2. The van der Waals surface area contributed by atoms with Gasteiger partial charge in [-0.2, -0.15) is 0 Å². The summed E-state index contributed by atoms with van der Waals surface area (Å²) in [5.41, 5.74) is 0. The molecule has 0 aromatic heterocycles. The smallest absolute Gasteiger partial charge is 0.0597 e. The van der Waals surface area contributed by atoms with Crippen LogP contribution in [0.15, 0.2) is 0 Å². The minimum absolute atomic E-state index is 0. The Hall–Kier alpha value is 0.460. The Kier molecular flexibility index (Phi) is 10.9. The number of hydrogen-bond acceptors (Lipinski definition) is 3. The van der Waals surface area contributed by atoms with E-state index in [1.54, 1.807) is 0 Å². The van der Waals surface area contributed by atoms with E-state index in [2.05, 4.69) is 10.6 Å². The Morgan fingerprint density at radius 1 is 1.27 bits per heavy atom. The minimum Gasteiger partial charge on any atom is -0.395 e. The second kappa shape index (κ2) is 8.56. The van der Waals surface area contributed by atoms with Gasteiger partial charge in [-0.1, -0.05) is 0 Å². The van der Waals surface area contributed by atoms with Crippen LogP contribution in [0.4, 0.5) is 0 Å². The molecule has 0 aromatic rings. The summed E-state index contributed by atoms with van der Waals surface area (Å²) in [4.78, 5) is 0. The van der Waals surface area contributed by atoms with Gasteiger partial charge in [0, 0.05) is 12.6 Å². The van der Waals surface area contributed by atoms with E-state index in [4.69, 9.17) is 5.11 Å². The highest BCUT2D eigenvalue weighted by Crippen LogP contribution is 1.86. The molecule has 1 aliphatic heterocycles. The van der Waals surface area contributed by atoms with E-state index in [9.17, 15) is 0 Å². The predicted molar refractivity (Wildman–Crippen MR) is 50.9 cm³/mol. The molecule has 0 saturated carbocycles. The molecule has 3 N–H and O–H groups in total. The SMILES string of the molecule is Cl.Cl.OC[C@@H]1CNCCCN1. The van der Waals surface area contributed by atoms with Crippen molar-refractivity contribution in [3.63, 3.8) is 0 Å². The number of aliphatic hydroxyl groups is 1. The zero-order valence-electron chi connectivity index (χ0n) is 6.38. The first-order chi connectivity index (χ1) is 4.43. The van der Waals surface area contributed by atoms with E-state index in [1.807, 2.05) is 0 Å². The number of rotatable bonds is 1. The summed E-state index contributed by atoms with van der Waals surface area (Å²) in [6.07, 6.45) is 1.16. The third kappa shape index (κ3) is 5.70. The molecule has 0 unspecified atom stereocenters. The van der Waals surface area contributed by atoms with Crippen LogP contribution in [-0.2, 0) is 0 Å². The van der Waals surface area contributed by atoms with Crippen molar-refractivity contribution in [1.29, 1.82) is 0 Å². The summed E-state index contributed by atoms with van der Waals surface area (Å²) in [6, 6.07) is 0.271. The van der Waals surface area contributed by atoms with Crippen molar-refractivity contribution in [1.82, 2.24) is 10.6 Å². The summed E-state index contributed by atoms with van der Waals surface area (Å²) < 4.78 is 0. The lowest BCUT2D eigenvalue weighted by Gasteiger charge is -2.10. The average Bonchev–Trinajstić information content (AvgIpc) is 2.13. The number of aliphatic hydroxyl groups excluding tert-OH is 1. The van der Waals surface area contributed by atoms with E-state index in [-0.39, 0.29) is 37.5 Å². The van der Waals surface area contributed by atoms with Crippen LogP contribution in [0.25, 0.3) is 0 Å². The van der Waals surface area contributed by atoms with Crippen LogP contribution in [0.1, 0.15) is 6.42 Å². The Labute approximate surface area is 79.8 Å². The molecule has 0 aliphatic carbocycles. The molecule has 0 bridgehead atoms. The van der Waals surface area contributed by atoms with Gasteiger partial charge in [-0.05, 0) is 19.5 Å². The van der Waals surface area contributed by atoms with Gasteiger partial charge in [0.2, 0.25) is 0 Å². The maximum absolute atomic E-state index is 8.71. The van der Waals surface area contributed by atoms with Crippen molar-refractivity contribution < 1.29 is 5.11 Å². The lowest BCUT2D eigenvalue weighted by molar-refractivity contribution is 0.245. The van der Waals surface area contributed by atoms with Gasteiger partial charge in [0.25, 0.3) is 0 Å². The fraction of sp³-hybridized carbons (Fsp3) is 1.00. The van der Waals surface area contributed by atoms with E-state index < -0.39 is 0 Å². The van der Waals surface area contributed by atoms with E-state index in [0.717, 1.165) is 26.1 Å².